The summed E-state index contributed by atoms with van der Waals surface area (Å²) in [5.74, 6) is 0.538. The summed E-state index contributed by atoms with van der Waals surface area (Å²) in [5, 5.41) is 3.45. The Morgan fingerprint density at radius 2 is 1.72 bits per heavy atom. The molecule has 0 unspecified atom stereocenters. The molecule has 0 spiro atoms. The number of nitrogens with zero attached hydrogens (tertiary/aromatic N) is 1. The monoisotopic (exact) mass is 360 g/mol. The van der Waals surface area contributed by atoms with Crippen LogP contribution in [0.4, 0.5) is 5.69 Å². The minimum Gasteiger partial charge on any atom is -0.497 e. The van der Waals surface area contributed by atoms with Gasteiger partial charge in [-0.25, -0.2) is 0 Å². The van der Waals surface area contributed by atoms with Gasteiger partial charge in [-0.05, 0) is 42.0 Å². The summed E-state index contributed by atoms with van der Waals surface area (Å²) < 4.78 is 5.10. The van der Waals surface area contributed by atoms with Gasteiger partial charge in [0.15, 0.2) is 0 Å². The molecule has 2 aromatic rings. The first kappa shape index (κ1) is 18.8. The van der Waals surface area contributed by atoms with Gasteiger partial charge in [-0.3, -0.25) is 9.59 Å². The van der Waals surface area contributed by atoms with Gasteiger partial charge in [-0.1, -0.05) is 23.7 Å². The first-order valence-electron chi connectivity index (χ1n) is 7.93. The Labute approximate surface area is 152 Å². The fraction of sp³-hybridized carbons (Fsp3) is 0.263. The molecule has 2 rings (SSSR count). The van der Waals surface area contributed by atoms with Crippen LogP contribution in [0.3, 0.4) is 0 Å². The molecule has 0 radical (unpaired) electrons. The molecule has 2 amide bonds. The van der Waals surface area contributed by atoms with E-state index in [1.54, 1.807) is 36.3 Å². The van der Waals surface area contributed by atoms with E-state index in [4.69, 9.17) is 16.3 Å². The van der Waals surface area contributed by atoms with Crippen LogP contribution in [0.2, 0.25) is 5.02 Å². The number of carbonyl (C=O) groups is 2. The third-order valence-corrected chi connectivity index (χ3v) is 3.98. The molecular weight excluding hydrogens is 340 g/mol. The molecule has 0 atom stereocenters. The fourth-order valence-electron chi connectivity index (χ4n) is 2.34. The molecule has 0 saturated carbocycles. The van der Waals surface area contributed by atoms with E-state index in [1.165, 1.54) is 6.92 Å². The second-order valence-corrected chi connectivity index (χ2v) is 5.96. The smallest absolute Gasteiger partial charge is 0.223 e. The van der Waals surface area contributed by atoms with Gasteiger partial charge in [0.1, 0.15) is 5.75 Å². The van der Waals surface area contributed by atoms with E-state index in [1.807, 2.05) is 24.3 Å². The molecule has 0 aromatic heterocycles. The van der Waals surface area contributed by atoms with Crippen molar-refractivity contribution in [1.82, 2.24) is 5.32 Å². The number of methoxy groups -OCH3 is 1. The highest BCUT2D eigenvalue weighted by Crippen LogP contribution is 2.18. The number of nitrogens with one attached hydrogen (secondary N) is 1. The van der Waals surface area contributed by atoms with Gasteiger partial charge >= 0.3 is 0 Å². The maximum Gasteiger partial charge on any atom is 0.223 e. The van der Waals surface area contributed by atoms with Crippen LogP contribution in [0, 0.1) is 0 Å². The number of carbonyl (C=O) groups excluding carboxylic acids is 2. The molecule has 0 aliphatic rings. The third kappa shape index (κ3) is 5.80. The molecule has 5 nitrogen and oxygen atoms in total. The second kappa shape index (κ2) is 9.08. The Morgan fingerprint density at radius 1 is 1.08 bits per heavy atom. The highest BCUT2D eigenvalue weighted by Gasteiger charge is 2.13. The van der Waals surface area contributed by atoms with Gasteiger partial charge in [0.25, 0.3) is 0 Å². The molecule has 0 bridgehead atoms. The average molecular weight is 361 g/mol. The summed E-state index contributed by atoms with van der Waals surface area (Å²) in [5.41, 5.74) is 1.70. The van der Waals surface area contributed by atoms with Gasteiger partial charge in [0.05, 0.1) is 7.11 Å². The summed E-state index contributed by atoms with van der Waals surface area (Å²) in [6.07, 6.45) is 0.221. The van der Waals surface area contributed by atoms with Crippen molar-refractivity contribution in [3.8, 4) is 5.75 Å². The minimum absolute atomic E-state index is 0.115. The maximum atomic E-state index is 12.1. The molecule has 0 aliphatic heterocycles. The number of ether oxygens (including phenoxy) is 1. The molecule has 132 valence electrons. The summed E-state index contributed by atoms with van der Waals surface area (Å²) in [6.45, 7) is 2.22. The van der Waals surface area contributed by atoms with Gasteiger partial charge in [0, 0.05) is 37.1 Å². The Morgan fingerprint density at radius 3 is 2.28 bits per heavy atom. The predicted molar refractivity (Wildman–Crippen MR) is 98.9 cm³/mol. The van der Waals surface area contributed by atoms with E-state index < -0.39 is 0 Å². The van der Waals surface area contributed by atoms with Crippen molar-refractivity contribution in [2.75, 3.05) is 18.6 Å². The number of benzene rings is 2. The van der Waals surface area contributed by atoms with Crippen LogP contribution in [0.5, 0.6) is 5.75 Å². The number of halogens is 1. The van der Waals surface area contributed by atoms with Crippen LogP contribution in [0.1, 0.15) is 18.9 Å². The summed E-state index contributed by atoms with van der Waals surface area (Å²) in [6, 6.07) is 14.5. The first-order chi connectivity index (χ1) is 12.0. The summed E-state index contributed by atoms with van der Waals surface area (Å²) >= 11 is 5.87. The normalized spacial score (nSPS) is 10.2. The number of hydrogen-bond donors (Lipinski definition) is 1. The van der Waals surface area contributed by atoms with Crippen molar-refractivity contribution in [3.05, 3.63) is 59.1 Å². The lowest BCUT2D eigenvalue weighted by atomic mass is 10.2. The van der Waals surface area contributed by atoms with Crippen molar-refractivity contribution in [2.24, 2.45) is 0 Å². The lowest BCUT2D eigenvalue weighted by Crippen LogP contribution is -2.33. The maximum absolute atomic E-state index is 12.1. The zero-order valence-electron chi connectivity index (χ0n) is 14.3. The van der Waals surface area contributed by atoms with Crippen molar-refractivity contribution < 1.29 is 14.3 Å². The quantitative estimate of drug-likeness (QED) is 0.823. The fourth-order valence-corrected chi connectivity index (χ4v) is 2.46. The average Bonchev–Trinajstić information content (AvgIpc) is 2.61. The Kier molecular flexibility index (Phi) is 6.83. The number of anilines is 1. The largest absolute Gasteiger partial charge is 0.497 e. The lowest BCUT2D eigenvalue weighted by Gasteiger charge is -2.21. The zero-order valence-corrected chi connectivity index (χ0v) is 15.0. The van der Waals surface area contributed by atoms with Crippen LogP contribution >= 0.6 is 11.6 Å². The summed E-state index contributed by atoms with van der Waals surface area (Å²) in [4.78, 5) is 25.4. The van der Waals surface area contributed by atoms with Gasteiger partial charge in [-0.15, -0.1) is 0 Å². The molecule has 2 aromatic carbocycles. The molecule has 0 fully saturated rings. The van der Waals surface area contributed by atoms with E-state index in [0.29, 0.717) is 18.1 Å². The Bertz CT molecular complexity index is 714. The van der Waals surface area contributed by atoms with Gasteiger partial charge in [0.2, 0.25) is 11.8 Å². The highest BCUT2D eigenvalue weighted by atomic mass is 35.5. The van der Waals surface area contributed by atoms with E-state index in [0.717, 1.165) is 17.0 Å². The Balaban J connectivity index is 1.86. The lowest BCUT2D eigenvalue weighted by molar-refractivity contribution is -0.121. The van der Waals surface area contributed by atoms with Crippen molar-refractivity contribution in [3.63, 3.8) is 0 Å². The number of rotatable bonds is 7. The Hall–Kier alpha value is -2.53. The molecule has 0 aliphatic carbocycles. The number of amides is 2. The molecule has 6 heteroatoms. The van der Waals surface area contributed by atoms with Crippen molar-refractivity contribution >= 4 is 29.1 Å². The highest BCUT2D eigenvalue weighted by molar-refractivity contribution is 6.30. The van der Waals surface area contributed by atoms with Crippen LogP contribution in [0.25, 0.3) is 0 Å². The van der Waals surface area contributed by atoms with Crippen molar-refractivity contribution in [1.29, 1.82) is 0 Å². The van der Waals surface area contributed by atoms with E-state index >= 15 is 0 Å². The van der Waals surface area contributed by atoms with E-state index in [9.17, 15) is 9.59 Å². The summed E-state index contributed by atoms with van der Waals surface area (Å²) in [7, 11) is 1.61. The molecule has 25 heavy (non-hydrogen) atoms. The number of hydrogen-bond acceptors (Lipinski definition) is 3. The van der Waals surface area contributed by atoms with Gasteiger partial charge in [-0.2, -0.15) is 0 Å². The second-order valence-electron chi connectivity index (χ2n) is 5.52. The molecule has 0 heterocycles. The van der Waals surface area contributed by atoms with Crippen LogP contribution in [-0.2, 0) is 16.1 Å². The molecule has 1 N–H and O–H groups in total. The topological polar surface area (TPSA) is 58.6 Å². The minimum atomic E-state index is -0.120. The van der Waals surface area contributed by atoms with E-state index in [-0.39, 0.29) is 18.2 Å². The van der Waals surface area contributed by atoms with Crippen LogP contribution in [0.15, 0.2) is 48.5 Å². The SMILES string of the molecule is COc1ccc(CNC(=O)CCN(C(C)=O)c2ccc(Cl)cc2)cc1. The van der Waals surface area contributed by atoms with E-state index in [2.05, 4.69) is 5.32 Å². The van der Waals surface area contributed by atoms with Crippen LogP contribution < -0.4 is 15.0 Å². The standard InChI is InChI=1S/C19H21ClN2O3/c1-14(23)22(17-7-5-16(20)6-8-17)12-11-19(24)21-13-15-3-9-18(25-2)10-4-15/h3-10H,11-13H2,1-2H3,(H,21,24). The molecular formula is C19H21ClN2O3. The van der Waals surface area contributed by atoms with Crippen molar-refractivity contribution in [2.45, 2.75) is 19.9 Å². The third-order valence-electron chi connectivity index (χ3n) is 3.73. The zero-order chi connectivity index (χ0) is 18.2. The predicted octanol–water partition coefficient (Wildman–Crippen LogP) is 3.41. The molecule has 0 saturated heterocycles. The van der Waals surface area contributed by atoms with Gasteiger partial charge < -0.3 is 15.0 Å². The first-order valence-corrected chi connectivity index (χ1v) is 8.30. The van der Waals surface area contributed by atoms with Crippen LogP contribution in [-0.4, -0.2) is 25.5 Å².